The molecule has 0 spiro atoms. The lowest BCUT2D eigenvalue weighted by atomic mass is 9.78. The zero-order valence-corrected chi connectivity index (χ0v) is 10.5. The Labute approximate surface area is 108 Å². The van der Waals surface area contributed by atoms with E-state index in [0.29, 0.717) is 11.8 Å². The smallest absolute Gasteiger partial charge is 0.331 e. The van der Waals surface area contributed by atoms with E-state index in [1.54, 1.807) is 0 Å². The zero-order chi connectivity index (χ0) is 12.6. The number of ether oxygens (including phenoxy) is 1. The molecule has 2 bridgehead atoms. The highest BCUT2D eigenvalue weighted by Crippen LogP contribution is 2.57. The summed E-state index contributed by atoms with van der Waals surface area (Å²) in [5, 5.41) is 0. The van der Waals surface area contributed by atoms with Crippen LogP contribution in [0.1, 0.15) is 31.2 Å². The molecule has 0 heterocycles. The minimum atomic E-state index is -0.393. The van der Waals surface area contributed by atoms with E-state index in [4.69, 9.17) is 4.74 Å². The van der Waals surface area contributed by atoms with Crippen LogP contribution < -0.4 is 0 Å². The molecule has 3 unspecified atom stereocenters. The van der Waals surface area contributed by atoms with Crippen LogP contribution >= 0.6 is 0 Å². The lowest BCUT2D eigenvalue weighted by molar-refractivity contribution is -0.161. The first kappa shape index (κ1) is 11.5. The molecule has 2 heteroatoms. The second-order valence-electron chi connectivity index (χ2n) is 5.46. The maximum atomic E-state index is 11.7. The first-order valence-electron chi connectivity index (χ1n) is 6.65. The van der Waals surface area contributed by atoms with Gasteiger partial charge in [0.2, 0.25) is 0 Å². The van der Waals surface area contributed by atoms with Crippen molar-refractivity contribution in [3.8, 4) is 0 Å². The fourth-order valence-electron chi connectivity index (χ4n) is 3.76. The number of rotatable bonds is 3. The number of benzene rings is 1. The molecule has 2 aliphatic rings. The second-order valence-corrected chi connectivity index (χ2v) is 5.46. The van der Waals surface area contributed by atoms with E-state index >= 15 is 0 Å². The summed E-state index contributed by atoms with van der Waals surface area (Å²) in [6, 6.07) is 10.2. The van der Waals surface area contributed by atoms with Crippen LogP contribution in [-0.4, -0.2) is 5.97 Å². The van der Waals surface area contributed by atoms with Gasteiger partial charge in [0.05, 0.1) is 0 Å². The largest absolute Gasteiger partial charge is 0.451 e. The van der Waals surface area contributed by atoms with Crippen molar-refractivity contribution < 1.29 is 9.53 Å². The number of fused-ring (bicyclic) bond motifs is 2. The van der Waals surface area contributed by atoms with Crippen LogP contribution in [0.2, 0.25) is 0 Å². The van der Waals surface area contributed by atoms with Gasteiger partial charge in [-0.15, -0.1) is 0 Å². The second kappa shape index (κ2) is 4.27. The van der Waals surface area contributed by atoms with Crippen LogP contribution in [0, 0.1) is 11.8 Å². The molecule has 3 rings (SSSR count). The molecule has 3 atom stereocenters. The molecule has 0 radical (unpaired) electrons. The SMILES string of the molecule is C=CC(=O)OC1(c2ccccc2)CC2CCC1C2. The molecule has 2 fully saturated rings. The molecular weight excluding hydrogens is 224 g/mol. The van der Waals surface area contributed by atoms with Crippen LogP contribution in [0.5, 0.6) is 0 Å². The summed E-state index contributed by atoms with van der Waals surface area (Å²) in [5.41, 5.74) is 0.752. The Morgan fingerprint density at radius 1 is 1.33 bits per heavy atom. The van der Waals surface area contributed by atoms with E-state index in [1.165, 1.54) is 25.3 Å². The van der Waals surface area contributed by atoms with Crippen molar-refractivity contribution in [2.75, 3.05) is 0 Å². The Kier molecular flexibility index (Phi) is 2.73. The van der Waals surface area contributed by atoms with Crippen molar-refractivity contribution in [1.82, 2.24) is 0 Å². The van der Waals surface area contributed by atoms with E-state index in [9.17, 15) is 4.79 Å². The highest BCUT2D eigenvalue weighted by atomic mass is 16.6. The van der Waals surface area contributed by atoms with E-state index < -0.39 is 5.60 Å². The molecule has 1 aromatic rings. The molecule has 0 aromatic heterocycles. The average molecular weight is 242 g/mol. The van der Waals surface area contributed by atoms with Crippen LogP contribution in [0.4, 0.5) is 0 Å². The topological polar surface area (TPSA) is 26.3 Å². The molecule has 2 aliphatic carbocycles. The summed E-state index contributed by atoms with van der Waals surface area (Å²) in [6.07, 6.45) is 5.89. The van der Waals surface area contributed by atoms with E-state index in [-0.39, 0.29) is 5.97 Å². The molecule has 2 saturated carbocycles. The quantitative estimate of drug-likeness (QED) is 0.599. The van der Waals surface area contributed by atoms with Gasteiger partial charge in [0.15, 0.2) is 0 Å². The molecule has 0 amide bonds. The van der Waals surface area contributed by atoms with Crippen molar-refractivity contribution in [1.29, 1.82) is 0 Å². The van der Waals surface area contributed by atoms with Crippen molar-refractivity contribution in [3.05, 3.63) is 48.6 Å². The Balaban J connectivity index is 1.99. The Bertz CT molecular complexity index is 465. The minimum absolute atomic E-state index is 0.300. The first-order chi connectivity index (χ1) is 8.74. The van der Waals surface area contributed by atoms with Crippen LogP contribution in [0.25, 0.3) is 0 Å². The zero-order valence-electron chi connectivity index (χ0n) is 10.5. The van der Waals surface area contributed by atoms with Gasteiger partial charge in [-0.05, 0) is 37.2 Å². The third-order valence-electron chi connectivity index (χ3n) is 4.50. The number of carbonyl (C=O) groups is 1. The third-order valence-corrected chi connectivity index (χ3v) is 4.50. The van der Waals surface area contributed by atoms with Crippen molar-refractivity contribution >= 4 is 5.97 Å². The first-order valence-corrected chi connectivity index (χ1v) is 6.65. The number of carbonyl (C=O) groups excluding carboxylic acids is 1. The van der Waals surface area contributed by atoms with Gasteiger partial charge in [-0.3, -0.25) is 0 Å². The standard InChI is InChI=1S/C16H18O2/c1-2-15(17)18-16(13-6-4-3-5-7-13)11-12-8-9-14(16)10-12/h2-7,12,14H,1,8-11H2. The highest BCUT2D eigenvalue weighted by molar-refractivity contribution is 5.81. The fourth-order valence-corrected chi connectivity index (χ4v) is 3.76. The average Bonchev–Trinajstić information content (AvgIpc) is 3.00. The Morgan fingerprint density at radius 2 is 2.11 bits per heavy atom. The van der Waals surface area contributed by atoms with Gasteiger partial charge in [-0.2, -0.15) is 0 Å². The van der Waals surface area contributed by atoms with E-state index in [1.807, 2.05) is 18.2 Å². The monoisotopic (exact) mass is 242 g/mol. The van der Waals surface area contributed by atoms with Crippen LogP contribution in [0.15, 0.2) is 43.0 Å². The summed E-state index contributed by atoms with van der Waals surface area (Å²) in [6.45, 7) is 3.51. The Hall–Kier alpha value is -1.57. The summed E-state index contributed by atoms with van der Waals surface area (Å²) < 4.78 is 5.81. The minimum Gasteiger partial charge on any atom is -0.451 e. The van der Waals surface area contributed by atoms with E-state index in [2.05, 4.69) is 18.7 Å². The van der Waals surface area contributed by atoms with Crippen molar-refractivity contribution in [3.63, 3.8) is 0 Å². The predicted octanol–water partition coefficient (Wildman–Crippen LogP) is 3.43. The maximum Gasteiger partial charge on any atom is 0.331 e. The van der Waals surface area contributed by atoms with Gasteiger partial charge in [-0.25, -0.2) is 4.79 Å². The van der Waals surface area contributed by atoms with Crippen molar-refractivity contribution in [2.24, 2.45) is 11.8 Å². The van der Waals surface area contributed by atoms with Crippen LogP contribution in [0.3, 0.4) is 0 Å². The molecule has 0 N–H and O–H groups in total. The number of hydrogen-bond donors (Lipinski definition) is 0. The maximum absolute atomic E-state index is 11.7. The lowest BCUT2D eigenvalue weighted by Crippen LogP contribution is -2.37. The fraction of sp³-hybridized carbons (Fsp3) is 0.438. The van der Waals surface area contributed by atoms with Gasteiger partial charge >= 0.3 is 5.97 Å². The summed E-state index contributed by atoms with van der Waals surface area (Å²) >= 11 is 0. The molecular formula is C16H18O2. The lowest BCUT2D eigenvalue weighted by Gasteiger charge is -2.37. The van der Waals surface area contributed by atoms with Crippen LogP contribution in [-0.2, 0) is 15.1 Å². The highest BCUT2D eigenvalue weighted by Gasteiger charge is 2.54. The summed E-state index contributed by atoms with van der Waals surface area (Å²) in [5.74, 6) is 0.896. The third kappa shape index (κ3) is 1.67. The van der Waals surface area contributed by atoms with Gasteiger partial charge in [0.25, 0.3) is 0 Å². The normalized spacial score (nSPS) is 33.3. The summed E-state index contributed by atoms with van der Waals surface area (Å²) in [4.78, 5) is 11.7. The molecule has 18 heavy (non-hydrogen) atoms. The molecule has 0 aliphatic heterocycles. The molecule has 1 aromatic carbocycles. The summed E-state index contributed by atoms with van der Waals surface area (Å²) in [7, 11) is 0. The van der Waals surface area contributed by atoms with Gasteiger partial charge in [0.1, 0.15) is 5.60 Å². The van der Waals surface area contributed by atoms with Gasteiger partial charge < -0.3 is 4.74 Å². The predicted molar refractivity (Wildman–Crippen MR) is 69.9 cm³/mol. The van der Waals surface area contributed by atoms with Crippen molar-refractivity contribution in [2.45, 2.75) is 31.3 Å². The van der Waals surface area contributed by atoms with E-state index in [0.717, 1.165) is 12.0 Å². The molecule has 0 saturated heterocycles. The van der Waals surface area contributed by atoms with Gasteiger partial charge in [-0.1, -0.05) is 36.9 Å². The molecule has 2 nitrogen and oxygen atoms in total. The van der Waals surface area contributed by atoms with Gasteiger partial charge in [0, 0.05) is 12.0 Å². The molecule has 94 valence electrons. The Morgan fingerprint density at radius 3 is 2.67 bits per heavy atom. The number of esters is 1. The number of hydrogen-bond acceptors (Lipinski definition) is 2.